The summed E-state index contributed by atoms with van der Waals surface area (Å²) >= 11 is 0. The Morgan fingerprint density at radius 3 is 2.20 bits per heavy atom. The predicted molar refractivity (Wildman–Crippen MR) is 63.4 cm³/mol. The molecule has 1 aromatic carbocycles. The molecule has 9 nitrogen and oxygen atoms in total. The molecule has 0 aliphatic heterocycles. The number of nitrogens with zero attached hydrogens (tertiary/aromatic N) is 2. The zero-order valence-corrected chi connectivity index (χ0v) is 12.6. The van der Waals surface area contributed by atoms with Gasteiger partial charge in [-0.3, -0.25) is 9.27 Å². The standard InChI is InChI=1S/C8H8N4O5S2.Ag/c13-18(14,6-4-2-1-3-5-6)11-7-8(10-12-9-7)19(15,16)17;/h1-5H,(H,15,16,17)(H2,9,10,11,12);/q;+1. The Bertz CT molecular complexity index is 787. The maximum atomic E-state index is 11.9. The summed E-state index contributed by atoms with van der Waals surface area (Å²) in [6, 6.07) is 7.26. The Balaban J connectivity index is 0.00000200. The number of H-pyrrole nitrogens is 1. The number of hydrogen-bond acceptors (Lipinski definition) is 6. The van der Waals surface area contributed by atoms with E-state index < -0.39 is 31.0 Å². The van der Waals surface area contributed by atoms with Crippen molar-refractivity contribution in [1.29, 1.82) is 0 Å². The second kappa shape index (κ2) is 6.03. The largest absolute Gasteiger partial charge is 1.00 e. The Hall–Kier alpha value is -1.24. The van der Waals surface area contributed by atoms with Crippen LogP contribution in [0.15, 0.2) is 40.3 Å². The molecule has 0 unspecified atom stereocenters. The fraction of sp³-hybridized carbons (Fsp3) is 0. The first-order valence-corrected chi connectivity index (χ1v) is 7.69. The van der Waals surface area contributed by atoms with Crippen LogP contribution in [0.1, 0.15) is 0 Å². The zero-order valence-electron chi connectivity index (χ0n) is 9.48. The summed E-state index contributed by atoms with van der Waals surface area (Å²) in [6.07, 6.45) is 0. The molecule has 112 valence electrons. The van der Waals surface area contributed by atoms with Crippen LogP contribution in [-0.4, -0.2) is 36.8 Å². The van der Waals surface area contributed by atoms with Crippen molar-refractivity contribution in [3.63, 3.8) is 0 Å². The minimum Gasteiger partial charge on any atom is -0.280 e. The Labute approximate surface area is 130 Å². The number of hydrogen-bond donors (Lipinski definition) is 3. The third-order valence-electron chi connectivity index (χ3n) is 2.04. The Morgan fingerprint density at radius 1 is 1.05 bits per heavy atom. The van der Waals surface area contributed by atoms with Gasteiger partial charge in [-0.15, -0.1) is 10.2 Å². The van der Waals surface area contributed by atoms with Crippen LogP contribution in [0.4, 0.5) is 5.82 Å². The zero-order chi connectivity index (χ0) is 14.1. The molecule has 2 rings (SSSR count). The maximum Gasteiger partial charge on any atom is 1.00 e. The van der Waals surface area contributed by atoms with Crippen molar-refractivity contribution >= 4 is 26.0 Å². The Kier molecular flexibility index (Phi) is 5.07. The van der Waals surface area contributed by atoms with Gasteiger partial charge in [0.15, 0.2) is 0 Å². The van der Waals surface area contributed by atoms with Gasteiger partial charge in [0.05, 0.1) is 4.90 Å². The molecule has 0 saturated carbocycles. The average Bonchev–Trinajstić information content (AvgIpc) is 2.77. The molecule has 0 aliphatic rings. The van der Waals surface area contributed by atoms with E-state index in [4.69, 9.17) is 4.55 Å². The third kappa shape index (κ3) is 3.65. The van der Waals surface area contributed by atoms with Gasteiger partial charge in [-0.1, -0.05) is 18.2 Å². The van der Waals surface area contributed by atoms with Crippen LogP contribution >= 0.6 is 0 Å². The van der Waals surface area contributed by atoms with Crippen LogP contribution in [0, 0.1) is 0 Å². The number of anilines is 1. The van der Waals surface area contributed by atoms with Crippen LogP contribution in [-0.2, 0) is 42.5 Å². The van der Waals surface area contributed by atoms with Gasteiger partial charge in [-0.05, 0) is 12.1 Å². The summed E-state index contributed by atoms with van der Waals surface area (Å²) in [5, 5.41) is 7.51. The summed E-state index contributed by atoms with van der Waals surface area (Å²) in [5.74, 6) is -0.605. The minimum atomic E-state index is -4.68. The molecule has 0 aliphatic carbocycles. The van der Waals surface area contributed by atoms with E-state index in [1.807, 2.05) is 9.94 Å². The molecule has 0 bridgehead atoms. The Morgan fingerprint density at radius 2 is 1.65 bits per heavy atom. The van der Waals surface area contributed by atoms with Gasteiger partial charge in [0.2, 0.25) is 10.8 Å². The van der Waals surface area contributed by atoms with Crippen molar-refractivity contribution in [2.24, 2.45) is 0 Å². The molecule has 12 heteroatoms. The van der Waals surface area contributed by atoms with Gasteiger partial charge >= 0.3 is 32.5 Å². The van der Waals surface area contributed by atoms with E-state index in [1.165, 1.54) is 24.3 Å². The second-order valence-corrected chi connectivity index (χ2v) is 6.39. The van der Waals surface area contributed by atoms with Crippen molar-refractivity contribution in [3.05, 3.63) is 30.3 Å². The predicted octanol–water partition coefficient (Wildman–Crippen LogP) is -0.150. The van der Waals surface area contributed by atoms with Gasteiger partial charge < -0.3 is 0 Å². The molecule has 0 spiro atoms. The molecule has 1 heterocycles. The maximum absolute atomic E-state index is 11.9. The third-order valence-corrected chi connectivity index (χ3v) is 4.17. The number of sulfonamides is 1. The van der Waals surface area contributed by atoms with E-state index in [9.17, 15) is 16.8 Å². The summed E-state index contributed by atoms with van der Waals surface area (Å²) < 4.78 is 56.4. The van der Waals surface area contributed by atoms with E-state index in [0.717, 1.165) is 0 Å². The van der Waals surface area contributed by atoms with Gasteiger partial charge in [0, 0.05) is 0 Å². The minimum absolute atomic E-state index is 0. The molecule has 2 aromatic rings. The number of rotatable bonds is 4. The van der Waals surface area contributed by atoms with E-state index in [2.05, 4.69) is 10.2 Å². The topological polar surface area (TPSA) is 142 Å². The molecule has 0 fully saturated rings. The summed E-state index contributed by atoms with van der Waals surface area (Å²) in [5.41, 5.74) is 0. The van der Waals surface area contributed by atoms with Gasteiger partial charge in [-0.25, -0.2) is 8.42 Å². The summed E-state index contributed by atoms with van der Waals surface area (Å²) in [6.45, 7) is 0. The summed E-state index contributed by atoms with van der Waals surface area (Å²) in [4.78, 5) is -0.0840. The first-order valence-electron chi connectivity index (χ1n) is 4.77. The first kappa shape index (κ1) is 16.8. The summed E-state index contributed by atoms with van der Waals surface area (Å²) in [7, 11) is -8.69. The van der Waals surface area contributed by atoms with E-state index in [-0.39, 0.29) is 27.3 Å². The normalized spacial score (nSPS) is 11.7. The molecule has 20 heavy (non-hydrogen) atoms. The monoisotopic (exact) mass is 411 g/mol. The van der Waals surface area contributed by atoms with Crippen molar-refractivity contribution < 1.29 is 43.8 Å². The average molecular weight is 412 g/mol. The van der Waals surface area contributed by atoms with E-state index in [1.54, 1.807) is 6.07 Å². The molecule has 0 radical (unpaired) electrons. The number of aromatic amines is 1. The van der Waals surface area contributed by atoms with Crippen LogP contribution in [0.5, 0.6) is 0 Å². The van der Waals surface area contributed by atoms with Crippen LogP contribution in [0.2, 0.25) is 0 Å². The molecular formula is C8H8AgN4O5S2+. The molecule has 1 aromatic heterocycles. The molecule has 0 saturated heterocycles. The molecule has 3 N–H and O–H groups in total. The van der Waals surface area contributed by atoms with Crippen molar-refractivity contribution in [2.75, 3.05) is 4.72 Å². The molecule has 0 amide bonds. The fourth-order valence-electron chi connectivity index (χ4n) is 1.25. The van der Waals surface area contributed by atoms with Crippen LogP contribution in [0.3, 0.4) is 0 Å². The fourth-order valence-corrected chi connectivity index (χ4v) is 2.85. The first-order chi connectivity index (χ1) is 8.81. The number of aromatic nitrogens is 3. The quantitative estimate of drug-likeness (QED) is 0.468. The van der Waals surface area contributed by atoms with Gasteiger partial charge in [0.25, 0.3) is 10.0 Å². The van der Waals surface area contributed by atoms with Gasteiger partial charge in [-0.2, -0.15) is 13.6 Å². The second-order valence-electron chi connectivity index (χ2n) is 3.37. The van der Waals surface area contributed by atoms with Crippen molar-refractivity contribution in [1.82, 2.24) is 15.4 Å². The SMILES string of the molecule is O=S(=O)(O)c1n[nH]nc1NS(=O)(=O)c1ccccc1.[Ag+]. The van der Waals surface area contributed by atoms with E-state index in [0.29, 0.717) is 0 Å². The molecule has 0 atom stereocenters. The van der Waals surface area contributed by atoms with Crippen LogP contribution < -0.4 is 4.72 Å². The van der Waals surface area contributed by atoms with Gasteiger partial charge in [0.1, 0.15) is 0 Å². The van der Waals surface area contributed by atoms with E-state index >= 15 is 0 Å². The van der Waals surface area contributed by atoms with Crippen LogP contribution in [0.25, 0.3) is 0 Å². The smallest absolute Gasteiger partial charge is 0.280 e. The van der Waals surface area contributed by atoms with Crippen molar-refractivity contribution in [2.45, 2.75) is 9.92 Å². The number of nitrogens with one attached hydrogen (secondary N) is 2. The van der Waals surface area contributed by atoms with Crippen molar-refractivity contribution in [3.8, 4) is 0 Å². The molecular weight excluding hydrogens is 404 g/mol. The number of benzene rings is 1.